The summed E-state index contributed by atoms with van der Waals surface area (Å²) in [5, 5.41) is 11.7. The monoisotopic (exact) mass is 689 g/mol. The summed E-state index contributed by atoms with van der Waals surface area (Å²) in [6, 6.07) is 65.5. The summed E-state index contributed by atoms with van der Waals surface area (Å²) in [5.41, 5.74) is 12.1. The van der Waals surface area contributed by atoms with Crippen LogP contribution in [0, 0.1) is 11.3 Å². The Morgan fingerprint density at radius 3 is 1.91 bits per heavy atom. The largest absolute Gasteiger partial charge is 0.457 e. The highest BCUT2D eigenvalue weighted by atomic mass is 16.5. The molecule has 7 aromatic carbocycles. The Hall–Kier alpha value is -7.35. The van der Waals surface area contributed by atoms with Crippen molar-refractivity contribution >= 4 is 21.8 Å². The number of nitriles is 1. The molecule has 54 heavy (non-hydrogen) atoms. The van der Waals surface area contributed by atoms with E-state index in [4.69, 9.17) is 14.7 Å². The summed E-state index contributed by atoms with van der Waals surface area (Å²) in [6.07, 6.45) is 1.82. The first-order valence-corrected chi connectivity index (χ1v) is 18.0. The predicted octanol–water partition coefficient (Wildman–Crippen LogP) is 12.1. The van der Waals surface area contributed by atoms with Gasteiger partial charge in [-0.1, -0.05) is 127 Å². The molecule has 0 radical (unpaired) electrons. The molecule has 10 rings (SSSR count). The Balaban J connectivity index is 1.28. The SMILES string of the molecule is N#Cc1ccc(-c2cc(-c3ccc4ccc5cccnc5c4n3)cc(-c3cccc4c3C(c3ccccc3)(c3ccccc3)c3ccccc3O4)c2)cc1. The summed E-state index contributed by atoms with van der Waals surface area (Å²) in [5.74, 6) is 1.65. The molecule has 0 saturated heterocycles. The van der Waals surface area contributed by atoms with E-state index in [-0.39, 0.29) is 0 Å². The standard InChI is InChI=1S/C50H31N3O/c51-32-33-20-22-34(23-21-33)37-29-38(31-39(30-37)44-27-26-36-25-24-35-11-10-28-52-48(35)49(36)53-44)42-16-9-19-46-47(42)50(40-12-3-1-4-13-40,41-14-5-2-6-15-41)43-17-7-8-18-45(43)54-46/h1-31H. The maximum atomic E-state index is 9.59. The maximum Gasteiger partial charge on any atom is 0.132 e. The van der Waals surface area contributed by atoms with Crippen LogP contribution in [-0.2, 0) is 5.41 Å². The van der Waals surface area contributed by atoms with E-state index in [0.717, 1.165) is 89.1 Å². The molecular weight excluding hydrogens is 659 g/mol. The molecule has 0 aliphatic carbocycles. The highest BCUT2D eigenvalue weighted by molar-refractivity contribution is 6.03. The molecule has 0 fully saturated rings. The molecule has 0 saturated carbocycles. The van der Waals surface area contributed by atoms with Crippen molar-refractivity contribution < 1.29 is 4.74 Å². The minimum Gasteiger partial charge on any atom is -0.457 e. The fourth-order valence-electron chi connectivity index (χ4n) is 8.22. The van der Waals surface area contributed by atoms with E-state index >= 15 is 0 Å². The molecule has 0 unspecified atom stereocenters. The van der Waals surface area contributed by atoms with Gasteiger partial charge in [-0.2, -0.15) is 5.26 Å². The van der Waals surface area contributed by atoms with Crippen molar-refractivity contribution in [1.29, 1.82) is 5.26 Å². The molecule has 1 aliphatic heterocycles. The van der Waals surface area contributed by atoms with E-state index < -0.39 is 5.41 Å². The van der Waals surface area contributed by atoms with Gasteiger partial charge in [0.2, 0.25) is 0 Å². The molecule has 9 aromatic rings. The number of para-hydroxylation sites is 1. The number of hydrogen-bond acceptors (Lipinski definition) is 4. The Labute approximate surface area is 313 Å². The average molecular weight is 690 g/mol. The van der Waals surface area contributed by atoms with E-state index in [1.54, 1.807) is 0 Å². The third kappa shape index (κ3) is 4.98. The smallest absolute Gasteiger partial charge is 0.132 e. The second-order valence-corrected chi connectivity index (χ2v) is 13.7. The first-order valence-electron chi connectivity index (χ1n) is 18.0. The van der Waals surface area contributed by atoms with Crippen LogP contribution in [0.5, 0.6) is 11.5 Å². The van der Waals surface area contributed by atoms with Gasteiger partial charge in [0, 0.05) is 33.7 Å². The van der Waals surface area contributed by atoms with Crippen molar-refractivity contribution in [2.45, 2.75) is 5.41 Å². The van der Waals surface area contributed by atoms with Crippen LogP contribution >= 0.6 is 0 Å². The number of benzene rings is 7. The first-order chi connectivity index (χ1) is 26.7. The van der Waals surface area contributed by atoms with Crippen molar-refractivity contribution in [2.24, 2.45) is 0 Å². The second-order valence-electron chi connectivity index (χ2n) is 13.7. The number of pyridine rings is 2. The highest BCUT2D eigenvalue weighted by Crippen LogP contribution is 2.58. The third-order valence-electron chi connectivity index (χ3n) is 10.6. The zero-order chi connectivity index (χ0) is 36.1. The summed E-state index contributed by atoms with van der Waals surface area (Å²) < 4.78 is 6.83. The van der Waals surface area contributed by atoms with E-state index in [9.17, 15) is 5.26 Å². The van der Waals surface area contributed by atoms with Gasteiger partial charge in [-0.3, -0.25) is 4.98 Å². The van der Waals surface area contributed by atoms with Gasteiger partial charge in [-0.05, 0) is 88.0 Å². The van der Waals surface area contributed by atoms with Crippen molar-refractivity contribution in [1.82, 2.24) is 9.97 Å². The molecule has 4 nitrogen and oxygen atoms in total. The zero-order valence-corrected chi connectivity index (χ0v) is 29.1. The van der Waals surface area contributed by atoms with Gasteiger partial charge in [0.05, 0.1) is 33.8 Å². The quantitative estimate of drug-likeness (QED) is 0.169. The Morgan fingerprint density at radius 2 is 1.15 bits per heavy atom. The third-order valence-corrected chi connectivity index (χ3v) is 10.6. The Morgan fingerprint density at radius 1 is 0.500 bits per heavy atom. The van der Waals surface area contributed by atoms with Crippen LogP contribution in [0.15, 0.2) is 188 Å². The summed E-state index contributed by atoms with van der Waals surface area (Å²) in [4.78, 5) is 10.0. The number of hydrogen-bond donors (Lipinski definition) is 0. The lowest BCUT2D eigenvalue weighted by molar-refractivity contribution is 0.435. The van der Waals surface area contributed by atoms with E-state index in [2.05, 4.69) is 152 Å². The molecule has 252 valence electrons. The number of ether oxygens (including phenoxy) is 1. The molecule has 3 heterocycles. The van der Waals surface area contributed by atoms with E-state index in [1.165, 1.54) is 0 Å². The van der Waals surface area contributed by atoms with E-state index in [0.29, 0.717) is 5.56 Å². The predicted molar refractivity (Wildman–Crippen MR) is 216 cm³/mol. The van der Waals surface area contributed by atoms with Crippen molar-refractivity contribution in [3.05, 3.63) is 216 Å². The van der Waals surface area contributed by atoms with Gasteiger partial charge >= 0.3 is 0 Å². The van der Waals surface area contributed by atoms with Crippen LogP contribution in [0.2, 0.25) is 0 Å². The molecule has 0 bridgehead atoms. The number of rotatable bonds is 5. The van der Waals surface area contributed by atoms with E-state index in [1.807, 2.05) is 42.6 Å². The van der Waals surface area contributed by atoms with Crippen molar-refractivity contribution in [2.75, 3.05) is 0 Å². The molecular formula is C50H31N3O. The lowest BCUT2D eigenvalue weighted by Gasteiger charge is -2.42. The highest BCUT2D eigenvalue weighted by Gasteiger charge is 2.46. The fraction of sp³-hybridized carbons (Fsp3) is 0.0200. The average Bonchev–Trinajstić information content (AvgIpc) is 3.25. The fourth-order valence-corrected chi connectivity index (χ4v) is 8.22. The summed E-state index contributed by atoms with van der Waals surface area (Å²) in [6.45, 7) is 0. The molecule has 0 amide bonds. The normalized spacial score (nSPS) is 12.7. The lowest BCUT2D eigenvalue weighted by Crippen LogP contribution is -2.34. The number of fused-ring (bicyclic) bond motifs is 5. The lowest BCUT2D eigenvalue weighted by atomic mass is 9.62. The zero-order valence-electron chi connectivity index (χ0n) is 29.1. The van der Waals surface area contributed by atoms with Crippen LogP contribution in [0.4, 0.5) is 0 Å². The molecule has 4 heteroatoms. The van der Waals surface area contributed by atoms with Gasteiger partial charge < -0.3 is 4.74 Å². The number of aromatic nitrogens is 2. The Bertz CT molecular complexity index is 2870. The summed E-state index contributed by atoms with van der Waals surface area (Å²) in [7, 11) is 0. The second kappa shape index (κ2) is 12.7. The minimum absolute atomic E-state index is 0.620. The van der Waals surface area contributed by atoms with Gasteiger partial charge in [-0.25, -0.2) is 4.98 Å². The molecule has 0 N–H and O–H groups in total. The van der Waals surface area contributed by atoms with Crippen LogP contribution in [0.1, 0.15) is 27.8 Å². The van der Waals surface area contributed by atoms with Crippen LogP contribution in [-0.4, -0.2) is 9.97 Å². The van der Waals surface area contributed by atoms with Gasteiger partial charge in [0.25, 0.3) is 0 Å². The first kappa shape index (κ1) is 31.4. The molecule has 2 aromatic heterocycles. The van der Waals surface area contributed by atoms with Crippen LogP contribution < -0.4 is 4.74 Å². The van der Waals surface area contributed by atoms with Crippen LogP contribution in [0.25, 0.3) is 55.3 Å². The van der Waals surface area contributed by atoms with Crippen LogP contribution in [0.3, 0.4) is 0 Å². The van der Waals surface area contributed by atoms with Crippen molar-refractivity contribution in [3.8, 4) is 51.1 Å². The van der Waals surface area contributed by atoms with Gasteiger partial charge in [-0.15, -0.1) is 0 Å². The molecule has 0 atom stereocenters. The minimum atomic E-state index is -0.695. The molecule has 1 aliphatic rings. The van der Waals surface area contributed by atoms with Gasteiger partial charge in [0.15, 0.2) is 0 Å². The number of nitrogens with zero attached hydrogens (tertiary/aromatic N) is 3. The molecule has 0 spiro atoms. The maximum absolute atomic E-state index is 9.59. The topological polar surface area (TPSA) is 58.8 Å². The summed E-state index contributed by atoms with van der Waals surface area (Å²) >= 11 is 0. The van der Waals surface area contributed by atoms with Gasteiger partial charge in [0.1, 0.15) is 11.5 Å². The van der Waals surface area contributed by atoms with Crippen molar-refractivity contribution in [3.63, 3.8) is 0 Å². The Kier molecular flexibility index (Phi) is 7.38.